The van der Waals surface area contributed by atoms with Gasteiger partial charge in [0.2, 0.25) is 0 Å². The fourth-order valence-electron chi connectivity index (χ4n) is 6.19. The molecule has 1 aliphatic rings. The summed E-state index contributed by atoms with van der Waals surface area (Å²) in [5, 5.41) is 7.39. The van der Waals surface area contributed by atoms with Crippen molar-refractivity contribution in [2.75, 3.05) is 0 Å². The third kappa shape index (κ3) is 3.12. The van der Waals surface area contributed by atoms with Gasteiger partial charge in [-0.25, -0.2) is 0 Å². The molecular formula is C35H22BNO. The zero-order chi connectivity index (χ0) is 25.1. The monoisotopic (exact) mass is 483 g/mol. The van der Waals surface area contributed by atoms with Crippen LogP contribution in [0.4, 0.5) is 0 Å². The fraction of sp³-hybridized carbons (Fsp3) is 0. The average Bonchev–Trinajstić information content (AvgIpc) is 2.99. The Kier molecular flexibility index (Phi) is 4.65. The SMILES string of the molecule is c1ccc(B(c2ccccn2)c2cc3c4cccc5c4c(cc3c3ccccc23)-c2ccccc2O5)cc1. The van der Waals surface area contributed by atoms with E-state index in [-0.39, 0.29) is 6.71 Å². The van der Waals surface area contributed by atoms with E-state index in [9.17, 15) is 0 Å². The molecule has 0 N–H and O–H groups in total. The van der Waals surface area contributed by atoms with E-state index in [0.717, 1.165) is 22.7 Å². The topological polar surface area (TPSA) is 22.1 Å². The number of fused-ring (bicyclic) bond motifs is 6. The van der Waals surface area contributed by atoms with Crippen LogP contribution < -0.4 is 21.3 Å². The van der Waals surface area contributed by atoms with Gasteiger partial charge in [-0.2, -0.15) is 0 Å². The first-order valence-electron chi connectivity index (χ1n) is 13.0. The van der Waals surface area contributed by atoms with Crippen LogP contribution in [0.5, 0.6) is 11.5 Å². The van der Waals surface area contributed by atoms with Gasteiger partial charge < -0.3 is 4.74 Å². The maximum atomic E-state index is 6.39. The van der Waals surface area contributed by atoms with Crippen molar-refractivity contribution in [1.29, 1.82) is 0 Å². The molecule has 38 heavy (non-hydrogen) atoms. The fourth-order valence-corrected chi connectivity index (χ4v) is 6.19. The Morgan fingerprint density at radius 2 is 1.21 bits per heavy atom. The first kappa shape index (κ1) is 21.2. The maximum absolute atomic E-state index is 6.39. The molecule has 0 fully saturated rings. The van der Waals surface area contributed by atoms with Gasteiger partial charge >= 0.3 is 0 Å². The van der Waals surface area contributed by atoms with Crippen molar-refractivity contribution in [2.24, 2.45) is 0 Å². The van der Waals surface area contributed by atoms with Crippen LogP contribution in [0.25, 0.3) is 43.4 Å². The minimum absolute atomic E-state index is 0.00879. The number of ether oxygens (including phenoxy) is 1. The van der Waals surface area contributed by atoms with E-state index >= 15 is 0 Å². The van der Waals surface area contributed by atoms with E-state index in [1.54, 1.807) is 0 Å². The number of rotatable bonds is 3. The molecule has 0 aliphatic carbocycles. The van der Waals surface area contributed by atoms with Gasteiger partial charge in [0.05, 0.1) is 0 Å². The highest BCUT2D eigenvalue weighted by Gasteiger charge is 2.27. The first-order valence-corrected chi connectivity index (χ1v) is 13.0. The molecule has 0 radical (unpaired) electrons. The Labute approximate surface area is 221 Å². The quantitative estimate of drug-likeness (QED) is 0.203. The van der Waals surface area contributed by atoms with Crippen LogP contribution in [-0.2, 0) is 0 Å². The van der Waals surface area contributed by atoms with Crippen LogP contribution in [0.15, 0.2) is 134 Å². The zero-order valence-electron chi connectivity index (χ0n) is 20.6. The van der Waals surface area contributed by atoms with Crippen LogP contribution in [0.2, 0.25) is 0 Å². The number of hydrogen-bond acceptors (Lipinski definition) is 2. The first-order chi connectivity index (χ1) is 18.9. The summed E-state index contributed by atoms with van der Waals surface area (Å²) in [6.07, 6.45) is 1.89. The Balaban J connectivity index is 1.53. The van der Waals surface area contributed by atoms with Crippen molar-refractivity contribution in [3.05, 3.63) is 134 Å². The highest BCUT2D eigenvalue weighted by Crippen LogP contribution is 2.49. The summed E-state index contributed by atoms with van der Waals surface area (Å²) in [5.41, 5.74) is 5.91. The van der Waals surface area contributed by atoms with Crippen LogP contribution in [-0.4, -0.2) is 11.7 Å². The number of hydrogen-bond donors (Lipinski definition) is 0. The molecule has 0 spiro atoms. The lowest BCUT2D eigenvalue weighted by atomic mass is 9.37. The van der Waals surface area contributed by atoms with E-state index in [1.165, 1.54) is 48.8 Å². The molecular weight excluding hydrogens is 461 g/mol. The second kappa shape index (κ2) is 8.32. The standard InChI is InChI=1S/C35H22BNO/c1-2-11-23(12-3-1)36(34-19-8-9-20-37-34)31-22-29-27-16-10-18-33-35(27)30(26-15-6-7-17-32(26)38-33)21-28(29)24-13-4-5-14-25(24)31/h1-22H. The largest absolute Gasteiger partial charge is 0.456 e. The molecule has 0 unspecified atom stereocenters. The Morgan fingerprint density at radius 1 is 0.500 bits per heavy atom. The number of para-hydroxylation sites is 1. The maximum Gasteiger partial charge on any atom is 0.265 e. The third-order valence-corrected chi connectivity index (χ3v) is 7.82. The number of aromatic nitrogens is 1. The third-order valence-electron chi connectivity index (χ3n) is 7.82. The van der Waals surface area contributed by atoms with Gasteiger partial charge in [0.1, 0.15) is 11.5 Å². The van der Waals surface area contributed by atoms with Crippen molar-refractivity contribution in [2.45, 2.75) is 0 Å². The predicted molar refractivity (Wildman–Crippen MR) is 160 cm³/mol. The molecule has 7 aromatic rings. The van der Waals surface area contributed by atoms with Gasteiger partial charge in [0.25, 0.3) is 6.71 Å². The summed E-state index contributed by atoms with van der Waals surface area (Å²) in [5.74, 6) is 1.82. The molecule has 2 heterocycles. The lowest BCUT2D eigenvalue weighted by Gasteiger charge is -2.24. The summed E-state index contributed by atoms with van der Waals surface area (Å²) in [6.45, 7) is 0.00879. The van der Waals surface area contributed by atoms with Crippen molar-refractivity contribution in [1.82, 2.24) is 4.98 Å². The second-order valence-electron chi connectivity index (χ2n) is 9.91. The molecule has 3 heteroatoms. The normalized spacial score (nSPS) is 11.9. The molecule has 1 aromatic heterocycles. The van der Waals surface area contributed by atoms with Gasteiger partial charge in [-0.05, 0) is 62.8 Å². The van der Waals surface area contributed by atoms with E-state index in [2.05, 4.69) is 115 Å². The van der Waals surface area contributed by atoms with E-state index in [4.69, 9.17) is 9.72 Å². The lowest BCUT2D eigenvalue weighted by Crippen LogP contribution is -2.53. The predicted octanol–water partition coefficient (Wildman–Crippen LogP) is 6.83. The van der Waals surface area contributed by atoms with Crippen molar-refractivity contribution >= 4 is 55.5 Å². The van der Waals surface area contributed by atoms with E-state index in [1.807, 2.05) is 18.3 Å². The number of nitrogens with zero attached hydrogens (tertiary/aromatic N) is 1. The van der Waals surface area contributed by atoms with Crippen LogP contribution in [0, 0.1) is 0 Å². The molecule has 0 bridgehead atoms. The highest BCUT2D eigenvalue weighted by atomic mass is 16.5. The number of benzene rings is 6. The second-order valence-corrected chi connectivity index (χ2v) is 9.91. The van der Waals surface area contributed by atoms with Gasteiger partial charge in [-0.3, -0.25) is 4.98 Å². The van der Waals surface area contributed by atoms with Crippen molar-refractivity contribution in [3.63, 3.8) is 0 Å². The van der Waals surface area contributed by atoms with Crippen molar-refractivity contribution in [3.8, 4) is 22.6 Å². The molecule has 176 valence electrons. The summed E-state index contributed by atoms with van der Waals surface area (Å²) in [6, 6.07) is 45.3. The molecule has 6 aromatic carbocycles. The smallest absolute Gasteiger partial charge is 0.265 e. The average molecular weight is 483 g/mol. The summed E-state index contributed by atoms with van der Waals surface area (Å²) >= 11 is 0. The van der Waals surface area contributed by atoms with Crippen LogP contribution >= 0.6 is 0 Å². The highest BCUT2D eigenvalue weighted by molar-refractivity contribution is 6.96. The summed E-state index contributed by atoms with van der Waals surface area (Å²) < 4.78 is 6.39. The summed E-state index contributed by atoms with van der Waals surface area (Å²) in [7, 11) is 0. The lowest BCUT2D eigenvalue weighted by molar-refractivity contribution is 0.487. The van der Waals surface area contributed by atoms with Gasteiger partial charge in [-0.1, -0.05) is 108 Å². The van der Waals surface area contributed by atoms with E-state index < -0.39 is 0 Å². The molecule has 1 aliphatic heterocycles. The Hall–Kier alpha value is -4.89. The summed E-state index contributed by atoms with van der Waals surface area (Å²) in [4.78, 5) is 4.84. The van der Waals surface area contributed by atoms with Gasteiger partial charge in [0, 0.05) is 22.7 Å². The van der Waals surface area contributed by atoms with Crippen molar-refractivity contribution < 1.29 is 4.74 Å². The molecule has 0 saturated carbocycles. The van der Waals surface area contributed by atoms with Gasteiger partial charge in [0.15, 0.2) is 0 Å². The van der Waals surface area contributed by atoms with Crippen LogP contribution in [0.3, 0.4) is 0 Å². The number of pyridine rings is 1. The molecule has 8 rings (SSSR count). The van der Waals surface area contributed by atoms with Gasteiger partial charge in [-0.15, -0.1) is 0 Å². The van der Waals surface area contributed by atoms with Crippen LogP contribution in [0.1, 0.15) is 0 Å². The Bertz CT molecular complexity index is 1960. The molecule has 2 nitrogen and oxygen atoms in total. The Morgan fingerprint density at radius 3 is 2.08 bits per heavy atom. The minimum atomic E-state index is 0.00879. The zero-order valence-corrected chi connectivity index (χ0v) is 20.6. The minimum Gasteiger partial charge on any atom is -0.456 e. The molecule has 0 amide bonds. The molecule has 0 atom stereocenters. The van der Waals surface area contributed by atoms with E-state index in [0.29, 0.717) is 0 Å². The molecule has 0 saturated heterocycles.